The summed E-state index contributed by atoms with van der Waals surface area (Å²) in [6.07, 6.45) is 2.25. The molecule has 0 spiro atoms. The molecule has 9 heteroatoms. The molecular formula is C18H35IN6O2. The zero-order valence-electron chi connectivity index (χ0n) is 16.8. The molecule has 2 rings (SSSR count). The quantitative estimate of drug-likeness (QED) is 0.195. The van der Waals surface area contributed by atoms with E-state index >= 15 is 0 Å². The molecule has 0 radical (unpaired) electrons. The third kappa shape index (κ3) is 9.09. The van der Waals surface area contributed by atoms with Gasteiger partial charge in [-0.3, -0.25) is 19.5 Å². The van der Waals surface area contributed by atoms with Crippen molar-refractivity contribution in [2.24, 2.45) is 10.9 Å². The number of rotatable bonds is 8. The lowest BCUT2D eigenvalue weighted by molar-refractivity contribution is -0.124. The van der Waals surface area contributed by atoms with Crippen molar-refractivity contribution in [3.63, 3.8) is 0 Å². The summed E-state index contributed by atoms with van der Waals surface area (Å²) >= 11 is 0. The van der Waals surface area contributed by atoms with Crippen molar-refractivity contribution >= 4 is 41.8 Å². The van der Waals surface area contributed by atoms with Gasteiger partial charge in [-0.25, -0.2) is 0 Å². The molecule has 0 aromatic carbocycles. The van der Waals surface area contributed by atoms with Crippen LogP contribution in [0.4, 0.5) is 0 Å². The molecule has 1 heterocycles. The number of aliphatic imine (C=N–C) groups is 1. The fraction of sp³-hybridized carbons (Fsp3) is 0.833. The predicted molar refractivity (Wildman–Crippen MR) is 118 cm³/mol. The molecule has 8 nitrogen and oxygen atoms in total. The van der Waals surface area contributed by atoms with Gasteiger partial charge in [-0.1, -0.05) is 13.8 Å². The molecule has 1 aliphatic carbocycles. The second-order valence-corrected chi connectivity index (χ2v) is 7.29. The summed E-state index contributed by atoms with van der Waals surface area (Å²) in [4.78, 5) is 32.5. The van der Waals surface area contributed by atoms with Gasteiger partial charge in [-0.05, 0) is 19.8 Å². The molecule has 0 bridgehead atoms. The molecule has 1 aliphatic heterocycles. The SMILES string of the molecule is CCNC(=NCCNC(=O)C(C)C)N1CCN(CC(=O)NC2CC2)CC1.I. The van der Waals surface area contributed by atoms with Crippen molar-refractivity contribution in [2.45, 2.75) is 39.7 Å². The molecule has 2 fully saturated rings. The zero-order chi connectivity index (χ0) is 18.9. The molecule has 3 N–H and O–H groups in total. The van der Waals surface area contributed by atoms with Crippen LogP contribution in [-0.4, -0.2) is 86.0 Å². The topological polar surface area (TPSA) is 89.1 Å². The van der Waals surface area contributed by atoms with Crippen molar-refractivity contribution in [1.82, 2.24) is 25.8 Å². The van der Waals surface area contributed by atoms with Crippen molar-refractivity contribution in [1.29, 1.82) is 0 Å². The molecule has 1 saturated heterocycles. The van der Waals surface area contributed by atoms with Crippen LogP contribution in [0, 0.1) is 5.92 Å². The van der Waals surface area contributed by atoms with E-state index in [1.165, 1.54) is 0 Å². The highest BCUT2D eigenvalue weighted by Gasteiger charge is 2.25. The molecule has 2 aliphatic rings. The van der Waals surface area contributed by atoms with Gasteiger partial charge in [0.1, 0.15) is 0 Å². The van der Waals surface area contributed by atoms with Crippen LogP contribution < -0.4 is 16.0 Å². The number of nitrogens with zero attached hydrogens (tertiary/aromatic N) is 3. The summed E-state index contributed by atoms with van der Waals surface area (Å²) in [5, 5.41) is 9.25. The monoisotopic (exact) mass is 494 g/mol. The van der Waals surface area contributed by atoms with E-state index in [2.05, 4.69) is 37.7 Å². The van der Waals surface area contributed by atoms with Crippen molar-refractivity contribution in [3.8, 4) is 0 Å². The van der Waals surface area contributed by atoms with Gasteiger partial charge in [0.25, 0.3) is 0 Å². The average molecular weight is 494 g/mol. The number of carbonyl (C=O) groups is 2. The number of piperazine rings is 1. The van der Waals surface area contributed by atoms with Crippen LogP contribution in [0.1, 0.15) is 33.6 Å². The van der Waals surface area contributed by atoms with E-state index < -0.39 is 0 Å². The van der Waals surface area contributed by atoms with Crippen LogP contribution in [-0.2, 0) is 9.59 Å². The summed E-state index contributed by atoms with van der Waals surface area (Å²) in [6.45, 7) is 11.6. The lowest BCUT2D eigenvalue weighted by Gasteiger charge is -2.36. The number of hydrogen-bond donors (Lipinski definition) is 3. The number of halogens is 1. The molecule has 1 saturated carbocycles. The third-order valence-corrected chi connectivity index (χ3v) is 4.51. The molecular weight excluding hydrogens is 459 g/mol. The van der Waals surface area contributed by atoms with Crippen molar-refractivity contribution < 1.29 is 9.59 Å². The van der Waals surface area contributed by atoms with Crippen LogP contribution >= 0.6 is 24.0 Å². The van der Waals surface area contributed by atoms with Crippen molar-refractivity contribution in [2.75, 3.05) is 52.4 Å². The van der Waals surface area contributed by atoms with Crippen LogP contribution in [0.5, 0.6) is 0 Å². The first-order chi connectivity index (χ1) is 12.5. The van der Waals surface area contributed by atoms with Crippen molar-refractivity contribution in [3.05, 3.63) is 0 Å². The second kappa shape index (κ2) is 12.4. The minimum absolute atomic E-state index is 0. The van der Waals surface area contributed by atoms with E-state index in [9.17, 15) is 9.59 Å². The van der Waals surface area contributed by atoms with Crippen LogP contribution in [0.15, 0.2) is 4.99 Å². The molecule has 156 valence electrons. The Kier molecular flexibility index (Phi) is 11.0. The third-order valence-electron chi connectivity index (χ3n) is 4.51. The van der Waals surface area contributed by atoms with E-state index in [-0.39, 0.29) is 41.7 Å². The maximum absolute atomic E-state index is 11.9. The normalized spacial score (nSPS) is 18.1. The maximum atomic E-state index is 11.9. The molecule has 0 aromatic rings. The highest BCUT2D eigenvalue weighted by molar-refractivity contribution is 14.0. The first-order valence-electron chi connectivity index (χ1n) is 9.82. The Balaban J connectivity index is 0.00000364. The van der Waals surface area contributed by atoms with Gasteiger partial charge in [-0.15, -0.1) is 24.0 Å². The lowest BCUT2D eigenvalue weighted by Crippen LogP contribution is -2.54. The first-order valence-corrected chi connectivity index (χ1v) is 9.82. The molecule has 0 atom stereocenters. The van der Waals surface area contributed by atoms with Gasteiger partial charge in [0.05, 0.1) is 13.1 Å². The highest BCUT2D eigenvalue weighted by Crippen LogP contribution is 2.18. The number of amides is 2. The Morgan fingerprint density at radius 2 is 1.78 bits per heavy atom. The van der Waals surface area contributed by atoms with Gasteiger partial charge < -0.3 is 20.9 Å². The van der Waals surface area contributed by atoms with E-state index in [4.69, 9.17) is 0 Å². The Morgan fingerprint density at radius 3 is 2.33 bits per heavy atom. The average Bonchev–Trinajstić information content (AvgIpc) is 3.42. The molecule has 27 heavy (non-hydrogen) atoms. The Hall–Kier alpha value is -1.10. The second-order valence-electron chi connectivity index (χ2n) is 7.29. The van der Waals surface area contributed by atoms with E-state index in [1.807, 2.05) is 13.8 Å². The minimum atomic E-state index is -0.00240. The van der Waals surface area contributed by atoms with E-state index in [1.54, 1.807) is 0 Å². The summed E-state index contributed by atoms with van der Waals surface area (Å²) in [5.41, 5.74) is 0. The smallest absolute Gasteiger partial charge is 0.234 e. The largest absolute Gasteiger partial charge is 0.357 e. The minimum Gasteiger partial charge on any atom is -0.357 e. The number of carbonyl (C=O) groups excluding carboxylic acids is 2. The van der Waals surface area contributed by atoms with E-state index in [0.717, 1.165) is 51.5 Å². The van der Waals surface area contributed by atoms with Gasteiger partial charge in [0.2, 0.25) is 11.8 Å². The van der Waals surface area contributed by atoms with Gasteiger partial charge in [-0.2, -0.15) is 0 Å². The fourth-order valence-corrected chi connectivity index (χ4v) is 2.79. The van der Waals surface area contributed by atoms with E-state index in [0.29, 0.717) is 25.7 Å². The van der Waals surface area contributed by atoms with Gasteiger partial charge >= 0.3 is 0 Å². The standard InChI is InChI=1S/C18H34N6O2.HI/c1-4-19-18(21-8-7-20-17(26)14(2)3)24-11-9-23(10-12-24)13-16(25)22-15-5-6-15;/h14-15H,4-13H2,1-3H3,(H,19,21)(H,20,26)(H,22,25);1H. The van der Waals surface area contributed by atoms with Gasteiger partial charge in [0, 0.05) is 51.2 Å². The summed E-state index contributed by atoms with van der Waals surface area (Å²) in [6, 6.07) is 0.424. The van der Waals surface area contributed by atoms with Crippen LogP contribution in [0.25, 0.3) is 0 Å². The fourth-order valence-electron chi connectivity index (χ4n) is 2.79. The van der Waals surface area contributed by atoms with Crippen LogP contribution in [0.3, 0.4) is 0 Å². The van der Waals surface area contributed by atoms with Crippen LogP contribution in [0.2, 0.25) is 0 Å². The molecule has 0 unspecified atom stereocenters. The first kappa shape index (κ1) is 23.9. The Bertz CT molecular complexity index is 502. The molecule has 0 aromatic heterocycles. The number of hydrogen-bond acceptors (Lipinski definition) is 4. The molecule has 2 amide bonds. The summed E-state index contributed by atoms with van der Waals surface area (Å²) in [7, 11) is 0. The zero-order valence-corrected chi connectivity index (χ0v) is 19.1. The Morgan fingerprint density at radius 1 is 1.11 bits per heavy atom. The summed E-state index contributed by atoms with van der Waals surface area (Å²) < 4.78 is 0. The summed E-state index contributed by atoms with van der Waals surface area (Å²) in [5.74, 6) is 1.08. The Labute approximate surface area is 179 Å². The number of nitrogens with one attached hydrogen (secondary N) is 3. The maximum Gasteiger partial charge on any atom is 0.234 e. The predicted octanol–water partition coefficient (Wildman–Crippen LogP) is 0.238. The highest BCUT2D eigenvalue weighted by atomic mass is 127. The lowest BCUT2D eigenvalue weighted by atomic mass is 10.2. The van der Waals surface area contributed by atoms with Gasteiger partial charge in [0.15, 0.2) is 5.96 Å². The number of guanidine groups is 1.